The van der Waals surface area contributed by atoms with Gasteiger partial charge in [0.1, 0.15) is 0 Å². The lowest BCUT2D eigenvalue weighted by Gasteiger charge is -2.32. The molecule has 0 bridgehead atoms. The van der Waals surface area contributed by atoms with Crippen LogP contribution in [0.5, 0.6) is 0 Å². The molecule has 0 radical (unpaired) electrons. The van der Waals surface area contributed by atoms with Crippen molar-refractivity contribution < 1.29 is 17.9 Å². The van der Waals surface area contributed by atoms with Gasteiger partial charge in [0.2, 0.25) is 10.0 Å². The molecule has 1 heterocycles. The zero-order valence-electron chi connectivity index (χ0n) is 18.3. The van der Waals surface area contributed by atoms with E-state index >= 15 is 0 Å². The van der Waals surface area contributed by atoms with Crippen LogP contribution in [0.25, 0.3) is 0 Å². The molecule has 2 aromatic carbocycles. The second-order valence-electron chi connectivity index (χ2n) is 8.08. The van der Waals surface area contributed by atoms with Gasteiger partial charge in [0.15, 0.2) is 0 Å². The van der Waals surface area contributed by atoms with Crippen LogP contribution in [0.1, 0.15) is 54.1 Å². The molecule has 0 aliphatic carbocycles. The van der Waals surface area contributed by atoms with Crippen molar-refractivity contribution >= 4 is 15.9 Å². The minimum atomic E-state index is -3.61. The molecule has 1 unspecified atom stereocenters. The maximum absolute atomic E-state index is 13.1. The normalized spacial score (nSPS) is 17.4. The van der Waals surface area contributed by atoms with Gasteiger partial charge in [0.05, 0.1) is 11.5 Å². The van der Waals surface area contributed by atoms with E-state index in [9.17, 15) is 13.2 Å². The molecule has 1 aliphatic heterocycles. The molecule has 1 atom stereocenters. The number of rotatable bonds is 9. The third-order valence-electron chi connectivity index (χ3n) is 5.66. The topological polar surface area (TPSA) is 75.7 Å². The summed E-state index contributed by atoms with van der Waals surface area (Å²) in [5, 5.41) is 2.88. The quantitative estimate of drug-likeness (QED) is 0.595. The monoisotopic (exact) mass is 444 g/mol. The first-order valence-corrected chi connectivity index (χ1v) is 12.4. The summed E-state index contributed by atoms with van der Waals surface area (Å²) in [7, 11) is -3.61. The van der Waals surface area contributed by atoms with Crippen molar-refractivity contribution in [1.82, 2.24) is 9.62 Å². The highest BCUT2D eigenvalue weighted by molar-refractivity contribution is 7.89. The molecule has 31 heavy (non-hydrogen) atoms. The number of sulfonamides is 1. The van der Waals surface area contributed by atoms with E-state index in [0.717, 1.165) is 30.4 Å². The number of aryl methyl sites for hydroxylation is 1. The van der Waals surface area contributed by atoms with Gasteiger partial charge >= 0.3 is 0 Å². The Morgan fingerprint density at radius 1 is 1.16 bits per heavy atom. The van der Waals surface area contributed by atoms with Crippen molar-refractivity contribution in [3.05, 3.63) is 65.2 Å². The van der Waals surface area contributed by atoms with Crippen molar-refractivity contribution in [3.8, 4) is 0 Å². The van der Waals surface area contributed by atoms with Gasteiger partial charge in [-0.25, -0.2) is 8.42 Å². The van der Waals surface area contributed by atoms with Gasteiger partial charge in [0, 0.05) is 31.3 Å². The average Bonchev–Trinajstić information content (AvgIpc) is 2.77. The van der Waals surface area contributed by atoms with Crippen molar-refractivity contribution in [2.24, 2.45) is 0 Å². The van der Waals surface area contributed by atoms with Gasteiger partial charge < -0.3 is 10.1 Å². The first kappa shape index (κ1) is 23.4. The fourth-order valence-corrected chi connectivity index (χ4v) is 5.53. The third kappa shape index (κ3) is 6.15. The number of hydrogen-bond acceptors (Lipinski definition) is 4. The minimum Gasteiger partial charge on any atom is -0.377 e. The summed E-state index contributed by atoms with van der Waals surface area (Å²) in [6.07, 6.45) is 3.46. The predicted molar refractivity (Wildman–Crippen MR) is 121 cm³/mol. The van der Waals surface area contributed by atoms with E-state index in [4.69, 9.17) is 4.74 Å². The Balaban J connectivity index is 1.55. The van der Waals surface area contributed by atoms with Crippen LogP contribution in [-0.4, -0.2) is 44.4 Å². The van der Waals surface area contributed by atoms with Crippen LogP contribution in [-0.2, 0) is 21.4 Å². The summed E-state index contributed by atoms with van der Waals surface area (Å²) in [5.41, 5.74) is 2.27. The third-order valence-corrected chi connectivity index (χ3v) is 7.67. The van der Waals surface area contributed by atoms with Gasteiger partial charge in [-0.15, -0.1) is 0 Å². The number of ether oxygens (including phenoxy) is 1. The molecular weight excluding hydrogens is 412 g/mol. The number of nitrogens with zero attached hydrogens (tertiary/aromatic N) is 1. The van der Waals surface area contributed by atoms with Gasteiger partial charge in [0.25, 0.3) is 5.91 Å². The number of piperidine rings is 1. The Morgan fingerprint density at radius 2 is 1.94 bits per heavy atom. The highest BCUT2D eigenvalue weighted by Crippen LogP contribution is 2.26. The largest absolute Gasteiger partial charge is 0.377 e. The predicted octanol–water partition coefficient (Wildman–Crippen LogP) is 3.89. The van der Waals surface area contributed by atoms with E-state index in [1.54, 1.807) is 16.4 Å². The Morgan fingerprint density at radius 3 is 2.68 bits per heavy atom. The molecule has 1 aliphatic rings. The first-order chi connectivity index (χ1) is 14.9. The van der Waals surface area contributed by atoms with Gasteiger partial charge in [-0.2, -0.15) is 4.31 Å². The molecule has 2 aromatic rings. The molecule has 1 saturated heterocycles. The van der Waals surface area contributed by atoms with Gasteiger partial charge in [-0.3, -0.25) is 4.79 Å². The first-order valence-electron chi connectivity index (χ1n) is 10.9. The molecule has 0 aromatic heterocycles. The molecular formula is C24H32N2O4S. The Hall–Kier alpha value is -2.22. The summed E-state index contributed by atoms with van der Waals surface area (Å²) in [5.74, 6) is -0.260. The summed E-state index contributed by atoms with van der Waals surface area (Å²) in [4.78, 5) is 12.9. The number of amides is 1. The molecule has 1 fully saturated rings. The van der Waals surface area contributed by atoms with E-state index in [1.807, 2.05) is 44.2 Å². The molecule has 6 nitrogen and oxygen atoms in total. The van der Waals surface area contributed by atoms with E-state index < -0.39 is 10.0 Å². The van der Waals surface area contributed by atoms with E-state index in [-0.39, 0.29) is 16.8 Å². The van der Waals surface area contributed by atoms with Crippen LogP contribution in [0.4, 0.5) is 0 Å². The van der Waals surface area contributed by atoms with Gasteiger partial charge in [-0.05, 0) is 56.4 Å². The standard InChI is InChI=1S/C24H32N2O4S/c1-19-12-13-22(31(28,29)26-15-7-6-9-20(26)2)17-23(19)24(27)25-14-8-16-30-18-21-10-4-3-5-11-21/h3-5,10-13,17,20H,6-9,14-16,18H2,1-2H3,(H,25,27). The van der Waals surface area contributed by atoms with Crippen LogP contribution < -0.4 is 5.32 Å². The molecule has 168 valence electrons. The molecule has 1 amide bonds. The number of carbonyl (C=O) groups excluding carboxylic acids is 1. The highest BCUT2D eigenvalue weighted by atomic mass is 32.2. The van der Waals surface area contributed by atoms with E-state index in [2.05, 4.69) is 5.32 Å². The second kappa shape index (κ2) is 10.9. The van der Waals surface area contributed by atoms with E-state index in [0.29, 0.717) is 38.3 Å². The molecule has 7 heteroatoms. The maximum Gasteiger partial charge on any atom is 0.251 e. The summed E-state index contributed by atoms with van der Waals surface area (Å²) < 4.78 is 33.4. The fraction of sp³-hybridized carbons (Fsp3) is 0.458. The Kier molecular flexibility index (Phi) is 8.23. The molecule has 0 saturated carbocycles. The summed E-state index contributed by atoms with van der Waals surface area (Å²) >= 11 is 0. The maximum atomic E-state index is 13.1. The van der Waals surface area contributed by atoms with Crippen molar-refractivity contribution in [2.75, 3.05) is 19.7 Å². The van der Waals surface area contributed by atoms with Crippen LogP contribution in [0.15, 0.2) is 53.4 Å². The van der Waals surface area contributed by atoms with Crippen molar-refractivity contribution in [3.63, 3.8) is 0 Å². The smallest absolute Gasteiger partial charge is 0.251 e. The van der Waals surface area contributed by atoms with Gasteiger partial charge in [-0.1, -0.05) is 42.8 Å². The Labute approximate surface area is 185 Å². The van der Waals surface area contributed by atoms with Crippen LogP contribution in [0, 0.1) is 6.92 Å². The van der Waals surface area contributed by atoms with Crippen LogP contribution in [0.3, 0.4) is 0 Å². The summed E-state index contributed by atoms with van der Waals surface area (Å²) in [6, 6.07) is 14.7. The van der Waals surface area contributed by atoms with Crippen LogP contribution >= 0.6 is 0 Å². The van der Waals surface area contributed by atoms with E-state index in [1.165, 1.54) is 6.07 Å². The SMILES string of the molecule is Cc1ccc(S(=O)(=O)N2CCCCC2C)cc1C(=O)NCCCOCc1ccccc1. The van der Waals surface area contributed by atoms with Crippen molar-refractivity contribution in [1.29, 1.82) is 0 Å². The minimum absolute atomic E-state index is 0.0202. The molecule has 1 N–H and O–H groups in total. The number of carbonyl (C=O) groups is 1. The molecule has 0 spiro atoms. The Bertz CT molecular complexity index is 976. The lowest BCUT2D eigenvalue weighted by atomic mass is 10.1. The molecule has 3 rings (SSSR count). The number of benzene rings is 2. The second-order valence-corrected chi connectivity index (χ2v) is 9.98. The lowest BCUT2D eigenvalue weighted by molar-refractivity contribution is 0.0933. The number of hydrogen-bond donors (Lipinski definition) is 1. The lowest BCUT2D eigenvalue weighted by Crippen LogP contribution is -2.42. The average molecular weight is 445 g/mol. The highest BCUT2D eigenvalue weighted by Gasteiger charge is 2.31. The fourth-order valence-electron chi connectivity index (χ4n) is 3.81. The summed E-state index contributed by atoms with van der Waals surface area (Å²) in [6.45, 7) is 5.84. The zero-order chi connectivity index (χ0) is 22.3. The van der Waals surface area contributed by atoms with Crippen molar-refractivity contribution in [2.45, 2.75) is 57.1 Å². The van der Waals surface area contributed by atoms with Crippen LogP contribution in [0.2, 0.25) is 0 Å². The zero-order valence-corrected chi connectivity index (χ0v) is 19.2. The number of nitrogens with one attached hydrogen (secondary N) is 1.